The van der Waals surface area contributed by atoms with Crippen LogP contribution in [0.1, 0.15) is 66.2 Å². The average molecular weight is 255 g/mol. The van der Waals surface area contributed by atoms with Gasteiger partial charge in [-0.3, -0.25) is 0 Å². The van der Waals surface area contributed by atoms with Crippen LogP contribution in [0.3, 0.4) is 0 Å². The monoisotopic (exact) mass is 255 g/mol. The van der Waals surface area contributed by atoms with Crippen molar-refractivity contribution in [1.29, 1.82) is 0 Å². The molecule has 0 aliphatic heterocycles. The number of hydrogen-bond donors (Lipinski definition) is 1. The molecule has 0 bridgehead atoms. The maximum atomic E-state index is 6.17. The van der Waals surface area contributed by atoms with Gasteiger partial charge in [-0.25, -0.2) is 0 Å². The fraction of sp³-hybridized carbons (Fsp3) is 1.00. The van der Waals surface area contributed by atoms with E-state index < -0.39 is 0 Å². The van der Waals surface area contributed by atoms with Crippen LogP contribution >= 0.6 is 0 Å². The fourth-order valence-corrected chi connectivity index (χ4v) is 2.79. The van der Waals surface area contributed by atoms with E-state index in [0.29, 0.717) is 12.1 Å². The molecule has 0 amide bonds. The third kappa shape index (κ3) is 5.71. The van der Waals surface area contributed by atoms with Crippen LogP contribution in [0.25, 0.3) is 0 Å². The molecule has 1 aliphatic rings. The zero-order valence-electron chi connectivity index (χ0n) is 12.9. The number of nitrogens with one attached hydrogen (secondary N) is 1. The van der Waals surface area contributed by atoms with Gasteiger partial charge >= 0.3 is 0 Å². The fourth-order valence-electron chi connectivity index (χ4n) is 2.79. The van der Waals surface area contributed by atoms with Crippen molar-refractivity contribution in [3.05, 3.63) is 0 Å². The maximum Gasteiger partial charge on any atom is 0.0730 e. The van der Waals surface area contributed by atoms with E-state index in [2.05, 4.69) is 33.0 Å². The minimum absolute atomic E-state index is 0.453. The highest BCUT2D eigenvalue weighted by Crippen LogP contribution is 2.29. The molecule has 1 aliphatic carbocycles. The molecule has 0 radical (unpaired) electrons. The van der Waals surface area contributed by atoms with E-state index in [0.717, 1.165) is 25.0 Å². The molecule has 0 spiro atoms. The van der Waals surface area contributed by atoms with Crippen molar-refractivity contribution < 1.29 is 4.74 Å². The number of ether oxygens (including phenoxy) is 1. The van der Waals surface area contributed by atoms with Crippen LogP contribution in [-0.4, -0.2) is 25.3 Å². The highest BCUT2D eigenvalue weighted by atomic mass is 16.5. The predicted molar refractivity (Wildman–Crippen MR) is 78.9 cm³/mol. The molecular weight excluding hydrogens is 222 g/mol. The Labute approximate surface area is 114 Å². The second-order valence-electron chi connectivity index (χ2n) is 6.24. The van der Waals surface area contributed by atoms with E-state index in [1.807, 2.05) is 0 Å². The Morgan fingerprint density at radius 2 is 2.00 bits per heavy atom. The van der Waals surface area contributed by atoms with E-state index in [-0.39, 0.29) is 0 Å². The first kappa shape index (κ1) is 16.0. The van der Waals surface area contributed by atoms with Gasteiger partial charge in [0, 0.05) is 12.6 Å². The zero-order chi connectivity index (χ0) is 13.4. The molecular formula is C16H33NO. The molecule has 1 saturated carbocycles. The van der Waals surface area contributed by atoms with Crippen molar-refractivity contribution in [2.24, 2.45) is 11.8 Å². The first-order valence-electron chi connectivity index (χ1n) is 8.02. The van der Waals surface area contributed by atoms with Crippen LogP contribution < -0.4 is 5.32 Å². The third-order valence-corrected chi connectivity index (χ3v) is 4.16. The second kappa shape index (κ2) is 8.92. The quantitative estimate of drug-likeness (QED) is 0.708. The normalized spacial score (nSPS) is 28.8. The molecule has 0 aromatic carbocycles. The Morgan fingerprint density at radius 1 is 1.22 bits per heavy atom. The standard InChI is InChI=1S/C16H33NO/c1-5-10-17-15-8-7-14(6-2)12-16(15)18-11-9-13(3)4/h13-17H,5-12H2,1-4H3. The lowest BCUT2D eigenvalue weighted by Gasteiger charge is -2.36. The summed E-state index contributed by atoms with van der Waals surface area (Å²) in [6, 6.07) is 0.597. The van der Waals surface area contributed by atoms with Gasteiger partial charge in [0.15, 0.2) is 0 Å². The maximum absolute atomic E-state index is 6.17. The number of hydrogen-bond acceptors (Lipinski definition) is 2. The minimum Gasteiger partial charge on any atom is -0.377 e. The molecule has 0 aromatic rings. The summed E-state index contributed by atoms with van der Waals surface area (Å²) in [6.07, 6.45) is 8.10. The van der Waals surface area contributed by atoms with Crippen molar-refractivity contribution in [3.63, 3.8) is 0 Å². The first-order chi connectivity index (χ1) is 8.67. The minimum atomic E-state index is 0.453. The van der Waals surface area contributed by atoms with Gasteiger partial charge in [0.2, 0.25) is 0 Å². The van der Waals surface area contributed by atoms with Gasteiger partial charge in [-0.15, -0.1) is 0 Å². The summed E-state index contributed by atoms with van der Waals surface area (Å²) < 4.78 is 6.17. The van der Waals surface area contributed by atoms with Crippen LogP contribution in [-0.2, 0) is 4.74 Å². The lowest BCUT2D eigenvalue weighted by atomic mass is 9.82. The van der Waals surface area contributed by atoms with Crippen LogP contribution in [0.2, 0.25) is 0 Å². The molecule has 1 N–H and O–H groups in total. The van der Waals surface area contributed by atoms with E-state index in [1.54, 1.807) is 0 Å². The highest BCUT2D eigenvalue weighted by Gasteiger charge is 2.29. The Kier molecular flexibility index (Phi) is 7.92. The predicted octanol–water partition coefficient (Wildman–Crippen LogP) is 4.00. The van der Waals surface area contributed by atoms with Gasteiger partial charge in [0.1, 0.15) is 0 Å². The van der Waals surface area contributed by atoms with Crippen molar-refractivity contribution in [2.75, 3.05) is 13.2 Å². The van der Waals surface area contributed by atoms with Crippen molar-refractivity contribution >= 4 is 0 Å². The zero-order valence-corrected chi connectivity index (χ0v) is 12.9. The summed E-state index contributed by atoms with van der Waals surface area (Å²) in [6.45, 7) is 11.2. The van der Waals surface area contributed by atoms with Gasteiger partial charge in [-0.2, -0.15) is 0 Å². The average Bonchev–Trinajstić information content (AvgIpc) is 2.36. The molecule has 2 nitrogen and oxygen atoms in total. The van der Waals surface area contributed by atoms with Gasteiger partial charge < -0.3 is 10.1 Å². The lowest BCUT2D eigenvalue weighted by Crippen LogP contribution is -2.46. The summed E-state index contributed by atoms with van der Waals surface area (Å²) in [5.41, 5.74) is 0. The molecule has 0 saturated heterocycles. The second-order valence-corrected chi connectivity index (χ2v) is 6.24. The van der Waals surface area contributed by atoms with E-state index in [9.17, 15) is 0 Å². The van der Waals surface area contributed by atoms with Crippen LogP contribution in [0.15, 0.2) is 0 Å². The lowest BCUT2D eigenvalue weighted by molar-refractivity contribution is -0.0143. The third-order valence-electron chi connectivity index (χ3n) is 4.16. The van der Waals surface area contributed by atoms with Crippen molar-refractivity contribution in [3.8, 4) is 0 Å². The first-order valence-corrected chi connectivity index (χ1v) is 8.02. The molecule has 1 rings (SSSR count). The van der Waals surface area contributed by atoms with Crippen LogP contribution in [0.5, 0.6) is 0 Å². The summed E-state index contributed by atoms with van der Waals surface area (Å²) in [7, 11) is 0. The SMILES string of the molecule is CCCNC1CCC(CC)CC1OCCC(C)C. The van der Waals surface area contributed by atoms with E-state index >= 15 is 0 Å². The molecule has 3 unspecified atom stereocenters. The van der Waals surface area contributed by atoms with Crippen LogP contribution in [0, 0.1) is 11.8 Å². The number of rotatable bonds is 8. The summed E-state index contributed by atoms with van der Waals surface area (Å²) >= 11 is 0. The summed E-state index contributed by atoms with van der Waals surface area (Å²) in [5, 5.41) is 3.68. The molecule has 0 aromatic heterocycles. The van der Waals surface area contributed by atoms with Gasteiger partial charge in [0.25, 0.3) is 0 Å². The Morgan fingerprint density at radius 3 is 2.61 bits per heavy atom. The van der Waals surface area contributed by atoms with Crippen molar-refractivity contribution in [2.45, 2.75) is 78.4 Å². The Hall–Kier alpha value is -0.0800. The van der Waals surface area contributed by atoms with E-state index in [1.165, 1.54) is 38.5 Å². The smallest absolute Gasteiger partial charge is 0.0730 e. The largest absolute Gasteiger partial charge is 0.377 e. The molecule has 18 heavy (non-hydrogen) atoms. The Bertz CT molecular complexity index is 205. The molecule has 1 fully saturated rings. The molecule has 3 atom stereocenters. The van der Waals surface area contributed by atoms with E-state index in [4.69, 9.17) is 4.74 Å². The highest BCUT2D eigenvalue weighted by molar-refractivity contribution is 4.85. The molecule has 2 heteroatoms. The summed E-state index contributed by atoms with van der Waals surface area (Å²) in [4.78, 5) is 0. The molecule has 108 valence electrons. The molecule has 0 heterocycles. The van der Waals surface area contributed by atoms with Crippen LogP contribution in [0.4, 0.5) is 0 Å². The Balaban J connectivity index is 2.38. The summed E-state index contributed by atoms with van der Waals surface area (Å²) in [5.74, 6) is 1.63. The van der Waals surface area contributed by atoms with Gasteiger partial charge in [0.05, 0.1) is 6.10 Å². The topological polar surface area (TPSA) is 21.3 Å². The van der Waals surface area contributed by atoms with Gasteiger partial charge in [-0.05, 0) is 50.5 Å². The van der Waals surface area contributed by atoms with Gasteiger partial charge in [-0.1, -0.05) is 34.1 Å². The van der Waals surface area contributed by atoms with Crippen molar-refractivity contribution in [1.82, 2.24) is 5.32 Å².